The number of aryl methyl sites for hydroxylation is 1. The van der Waals surface area contributed by atoms with Crippen LogP contribution in [-0.2, 0) is 6.42 Å². The smallest absolute Gasteiger partial charge is 0.321 e. The second-order valence-electron chi connectivity index (χ2n) is 7.10. The zero-order valence-electron chi connectivity index (χ0n) is 17.3. The molecule has 0 aliphatic heterocycles. The van der Waals surface area contributed by atoms with Gasteiger partial charge in [-0.05, 0) is 46.0 Å². The van der Waals surface area contributed by atoms with E-state index in [9.17, 15) is 14.7 Å². The molecule has 2 heterocycles. The van der Waals surface area contributed by atoms with E-state index in [4.69, 9.17) is 0 Å². The van der Waals surface area contributed by atoms with Crippen molar-refractivity contribution in [3.63, 3.8) is 0 Å². The summed E-state index contributed by atoms with van der Waals surface area (Å²) in [6.07, 6.45) is 2.44. The number of Topliss-reactive ketones (excluding diaryl/α,β-unsaturated/α-hetero) is 1. The lowest BCUT2D eigenvalue weighted by molar-refractivity contribution is 0.102. The molecule has 9 nitrogen and oxygen atoms in total. The molecule has 0 bridgehead atoms. The fourth-order valence-corrected chi connectivity index (χ4v) is 3.97. The first-order chi connectivity index (χ1) is 14.4. The van der Waals surface area contributed by atoms with E-state index in [0.717, 1.165) is 24.4 Å². The monoisotopic (exact) mass is 430 g/mol. The zero-order valence-corrected chi connectivity index (χ0v) is 18.1. The zero-order chi connectivity index (χ0) is 21.7. The fraction of sp³-hybridized carbons (Fsp3) is 0.400. The largest absolute Gasteiger partial charge is 0.507 e. The minimum absolute atomic E-state index is 0.0643. The van der Waals surface area contributed by atoms with Crippen LogP contribution in [0.25, 0.3) is 5.76 Å². The van der Waals surface area contributed by atoms with Crippen LogP contribution in [0.1, 0.15) is 34.3 Å². The van der Waals surface area contributed by atoms with Gasteiger partial charge in [0.25, 0.3) is 0 Å². The standard InChI is InChI=1S/C20H26N6O3S/c1-4-21-15-8-5-12(11-23-15)16(27)13-6-7-14-18(17(13)28)30-20(24-14)25-19(29)22-9-10-26(2)3/h5,8,11,27H,4,6-7,9-10H2,1-3H3,(H,21,23)(H2,22,24,25,29). The van der Waals surface area contributed by atoms with E-state index >= 15 is 0 Å². The number of aromatic nitrogens is 2. The lowest BCUT2D eigenvalue weighted by Crippen LogP contribution is -2.34. The highest BCUT2D eigenvalue weighted by molar-refractivity contribution is 7.18. The Kier molecular flexibility index (Phi) is 7.01. The highest BCUT2D eigenvalue weighted by Crippen LogP contribution is 2.34. The summed E-state index contributed by atoms with van der Waals surface area (Å²) in [7, 11) is 3.85. The molecular formula is C20H26N6O3S. The molecule has 3 rings (SSSR count). The lowest BCUT2D eigenvalue weighted by Gasteiger charge is -2.14. The minimum Gasteiger partial charge on any atom is -0.507 e. The van der Waals surface area contributed by atoms with Gasteiger partial charge in [0.15, 0.2) is 5.13 Å². The maximum Gasteiger partial charge on any atom is 0.321 e. The molecule has 0 radical (unpaired) electrons. The SMILES string of the molecule is CCNc1ccc(C(O)=C2CCc3nc(NC(=O)NCCN(C)C)sc3C2=O)cn1. The van der Waals surface area contributed by atoms with Crippen LogP contribution in [0.5, 0.6) is 0 Å². The number of carbonyl (C=O) groups is 2. The number of urea groups is 1. The van der Waals surface area contributed by atoms with Crippen molar-refractivity contribution < 1.29 is 14.7 Å². The number of allylic oxidation sites excluding steroid dienone is 1. The summed E-state index contributed by atoms with van der Waals surface area (Å²) < 4.78 is 0. The Labute approximate surface area is 179 Å². The predicted molar refractivity (Wildman–Crippen MR) is 118 cm³/mol. The molecule has 0 saturated heterocycles. The number of thiazole rings is 1. The first kappa shape index (κ1) is 21.7. The number of fused-ring (bicyclic) bond motifs is 1. The predicted octanol–water partition coefficient (Wildman–Crippen LogP) is 2.75. The summed E-state index contributed by atoms with van der Waals surface area (Å²) >= 11 is 1.12. The molecule has 1 aliphatic carbocycles. The molecule has 160 valence electrons. The number of hydrogen-bond acceptors (Lipinski definition) is 8. The van der Waals surface area contributed by atoms with Crippen LogP contribution in [0.2, 0.25) is 0 Å². The number of likely N-dealkylation sites (N-methyl/N-ethyl adjacent to an activating group) is 1. The third-order valence-corrected chi connectivity index (χ3v) is 5.55. The maximum absolute atomic E-state index is 12.9. The lowest BCUT2D eigenvalue weighted by atomic mass is 9.93. The first-order valence-electron chi connectivity index (χ1n) is 9.75. The van der Waals surface area contributed by atoms with Gasteiger partial charge in [-0.3, -0.25) is 10.1 Å². The molecule has 0 unspecified atom stereocenters. The van der Waals surface area contributed by atoms with Gasteiger partial charge in [0, 0.05) is 37.0 Å². The summed E-state index contributed by atoms with van der Waals surface area (Å²) in [6.45, 7) is 3.94. The average molecular weight is 431 g/mol. The van der Waals surface area contributed by atoms with E-state index < -0.39 is 0 Å². The Bertz CT molecular complexity index is 952. The summed E-state index contributed by atoms with van der Waals surface area (Å²) in [4.78, 5) is 36.0. The van der Waals surface area contributed by atoms with Crippen LogP contribution in [-0.4, -0.2) is 65.5 Å². The number of pyridine rings is 1. The number of aliphatic hydroxyl groups excluding tert-OH is 1. The van der Waals surface area contributed by atoms with Gasteiger partial charge >= 0.3 is 6.03 Å². The molecule has 0 aromatic carbocycles. The van der Waals surface area contributed by atoms with Gasteiger partial charge < -0.3 is 20.6 Å². The van der Waals surface area contributed by atoms with Gasteiger partial charge in [-0.2, -0.15) is 0 Å². The highest BCUT2D eigenvalue weighted by atomic mass is 32.1. The fourth-order valence-electron chi connectivity index (χ4n) is 3.00. The number of anilines is 2. The number of aliphatic hydroxyl groups is 1. The Hall–Kier alpha value is -2.98. The topological polar surface area (TPSA) is 119 Å². The van der Waals surface area contributed by atoms with Gasteiger partial charge in [-0.15, -0.1) is 0 Å². The van der Waals surface area contributed by atoms with E-state index in [1.807, 2.05) is 25.9 Å². The van der Waals surface area contributed by atoms with Crippen molar-refractivity contribution in [1.29, 1.82) is 0 Å². The van der Waals surface area contributed by atoms with Crippen molar-refractivity contribution in [2.45, 2.75) is 19.8 Å². The molecule has 0 atom stereocenters. The van der Waals surface area contributed by atoms with Crippen molar-refractivity contribution in [3.8, 4) is 0 Å². The third kappa shape index (κ3) is 5.14. The summed E-state index contributed by atoms with van der Waals surface area (Å²) in [5, 5.41) is 19.5. The number of carbonyl (C=O) groups excluding carboxylic acids is 2. The van der Waals surface area contributed by atoms with Crippen molar-refractivity contribution in [1.82, 2.24) is 20.2 Å². The molecule has 0 saturated carbocycles. The molecule has 0 spiro atoms. The number of hydrogen-bond donors (Lipinski definition) is 4. The number of nitrogens with zero attached hydrogens (tertiary/aromatic N) is 3. The molecule has 10 heteroatoms. The van der Waals surface area contributed by atoms with Gasteiger partial charge in [0.2, 0.25) is 5.78 Å². The summed E-state index contributed by atoms with van der Waals surface area (Å²) in [5.41, 5.74) is 1.48. The van der Waals surface area contributed by atoms with Gasteiger partial charge in [0.1, 0.15) is 16.5 Å². The quantitative estimate of drug-likeness (QED) is 0.394. The Morgan fingerprint density at radius 2 is 2.10 bits per heavy atom. The van der Waals surface area contributed by atoms with E-state index in [1.165, 1.54) is 0 Å². The summed E-state index contributed by atoms with van der Waals surface area (Å²) in [5.74, 6) is 0.381. The number of rotatable bonds is 7. The number of nitrogens with one attached hydrogen (secondary N) is 3. The van der Waals surface area contributed by atoms with Crippen molar-refractivity contribution in [3.05, 3.63) is 40.0 Å². The molecule has 2 aromatic heterocycles. The molecule has 1 aliphatic rings. The van der Waals surface area contributed by atoms with Crippen molar-refractivity contribution in [2.24, 2.45) is 0 Å². The Morgan fingerprint density at radius 3 is 2.77 bits per heavy atom. The van der Waals surface area contributed by atoms with E-state index in [-0.39, 0.29) is 17.6 Å². The van der Waals surface area contributed by atoms with Gasteiger partial charge in [-0.1, -0.05) is 11.3 Å². The van der Waals surface area contributed by atoms with Crippen LogP contribution >= 0.6 is 11.3 Å². The van der Waals surface area contributed by atoms with Crippen LogP contribution in [0.15, 0.2) is 23.9 Å². The first-order valence-corrected chi connectivity index (χ1v) is 10.6. The minimum atomic E-state index is -0.360. The second kappa shape index (κ2) is 9.68. The molecule has 4 N–H and O–H groups in total. The molecule has 2 amide bonds. The normalized spacial score (nSPS) is 15.0. The van der Waals surface area contributed by atoms with Crippen LogP contribution in [0.3, 0.4) is 0 Å². The van der Waals surface area contributed by atoms with E-state index in [2.05, 4.69) is 25.9 Å². The molecule has 30 heavy (non-hydrogen) atoms. The third-order valence-electron chi connectivity index (χ3n) is 4.54. The molecular weight excluding hydrogens is 404 g/mol. The van der Waals surface area contributed by atoms with Crippen LogP contribution in [0.4, 0.5) is 15.7 Å². The Balaban J connectivity index is 1.72. The van der Waals surface area contributed by atoms with E-state index in [1.54, 1.807) is 18.3 Å². The highest BCUT2D eigenvalue weighted by Gasteiger charge is 2.29. The van der Waals surface area contributed by atoms with Crippen LogP contribution in [0, 0.1) is 0 Å². The average Bonchev–Trinajstić information content (AvgIpc) is 3.12. The second-order valence-corrected chi connectivity index (χ2v) is 8.10. The number of ketones is 1. The van der Waals surface area contributed by atoms with Crippen LogP contribution < -0.4 is 16.0 Å². The molecule has 0 fully saturated rings. The number of amides is 2. The molecule has 2 aromatic rings. The maximum atomic E-state index is 12.9. The summed E-state index contributed by atoms with van der Waals surface area (Å²) in [6, 6.07) is 3.13. The Morgan fingerprint density at radius 1 is 1.30 bits per heavy atom. The van der Waals surface area contributed by atoms with Crippen molar-refractivity contribution in [2.75, 3.05) is 44.4 Å². The van der Waals surface area contributed by atoms with E-state index in [0.29, 0.717) is 52.0 Å². The van der Waals surface area contributed by atoms with Gasteiger partial charge in [0.05, 0.1) is 5.69 Å². The van der Waals surface area contributed by atoms with Gasteiger partial charge in [-0.25, -0.2) is 14.8 Å². The van der Waals surface area contributed by atoms with Crippen molar-refractivity contribution >= 4 is 39.9 Å².